The van der Waals surface area contributed by atoms with Gasteiger partial charge in [-0.25, -0.2) is 4.79 Å². The fourth-order valence-electron chi connectivity index (χ4n) is 2.33. The number of esters is 1. The third-order valence-corrected chi connectivity index (χ3v) is 3.53. The number of rotatable bonds is 5. The van der Waals surface area contributed by atoms with E-state index in [4.69, 9.17) is 4.74 Å². The molecule has 4 heteroatoms. The van der Waals surface area contributed by atoms with Crippen LogP contribution >= 0.6 is 0 Å². The van der Waals surface area contributed by atoms with Crippen molar-refractivity contribution in [1.82, 2.24) is 0 Å². The monoisotopic (exact) mass is 311 g/mol. The summed E-state index contributed by atoms with van der Waals surface area (Å²) < 4.78 is 4.92. The zero-order chi connectivity index (χ0) is 16.8. The number of ether oxygens (including phenoxy) is 1. The van der Waals surface area contributed by atoms with Crippen LogP contribution in [0.5, 0.6) is 0 Å². The quantitative estimate of drug-likeness (QED) is 0.857. The lowest BCUT2D eigenvalue weighted by atomic mass is 10.0. The Labute approximate surface area is 136 Å². The smallest absolute Gasteiger partial charge is 0.338 e. The number of aryl methyl sites for hydroxylation is 2. The van der Waals surface area contributed by atoms with Crippen molar-refractivity contribution in [2.45, 2.75) is 27.2 Å². The highest BCUT2D eigenvalue weighted by Gasteiger charge is 2.09. The van der Waals surface area contributed by atoms with Crippen LogP contribution in [0.3, 0.4) is 0 Å². The summed E-state index contributed by atoms with van der Waals surface area (Å²) in [4.78, 5) is 23.7. The number of benzene rings is 2. The third kappa shape index (κ3) is 4.68. The molecule has 0 bridgehead atoms. The highest BCUT2D eigenvalue weighted by molar-refractivity contribution is 5.94. The van der Waals surface area contributed by atoms with Crippen molar-refractivity contribution in [2.24, 2.45) is 0 Å². The minimum atomic E-state index is -0.361. The summed E-state index contributed by atoms with van der Waals surface area (Å²) in [5.41, 5.74) is 4.43. The fraction of sp³-hybridized carbons (Fsp3) is 0.263. The van der Waals surface area contributed by atoms with Crippen LogP contribution in [-0.2, 0) is 16.0 Å². The summed E-state index contributed by atoms with van der Waals surface area (Å²) in [5, 5.41) is 2.84. The molecule has 4 nitrogen and oxygen atoms in total. The van der Waals surface area contributed by atoms with E-state index in [1.807, 2.05) is 26.0 Å². The Morgan fingerprint density at radius 3 is 2.35 bits per heavy atom. The van der Waals surface area contributed by atoms with Crippen LogP contribution in [0.25, 0.3) is 0 Å². The highest BCUT2D eigenvalue weighted by Crippen LogP contribution is 2.14. The number of amides is 1. The number of hydrogen-bond donors (Lipinski definition) is 1. The minimum Gasteiger partial charge on any atom is -0.462 e. The molecule has 0 saturated carbocycles. The number of anilines is 1. The van der Waals surface area contributed by atoms with Crippen molar-refractivity contribution in [3.8, 4) is 0 Å². The Hall–Kier alpha value is -2.62. The van der Waals surface area contributed by atoms with Gasteiger partial charge in [-0.15, -0.1) is 0 Å². The highest BCUT2D eigenvalue weighted by atomic mass is 16.5. The topological polar surface area (TPSA) is 55.4 Å². The van der Waals surface area contributed by atoms with Gasteiger partial charge in [-0.05, 0) is 56.2 Å². The molecule has 0 unspecified atom stereocenters. The van der Waals surface area contributed by atoms with Crippen LogP contribution < -0.4 is 5.32 Å². The molecular formula is C19H21NO3. The van der Waals surface area contributed by atoms with Crippen molar-refractivity contribution in [3.05, 3.63) is 64.7 Å². The Morgan fingerprint density at radius 1 is 1.04 bits per heavy atom. The standard InChI is InChI=1S/C19H21NO3/c1-4-23-19(22)15-7-9-17(10-8-15)20-18(21)12-16-6-5-13(2)11-14(16)3/h5-11H,4,12H2,1-3H3,(H,20,21). The molecule has 0 atom stereocenters. The van der Waals surface area contributed by atoms with Crippen molar-refractivity contribution >= 4 is 17.6 Å². The first-order valence-corrected chi connectivity index (χ1v) is 7.62. The van der Waals surface area contributed by atoms with Gasteiger partial charge in [0.05, 0.1) is 18.6 Å². The van der Waals surface area contributed by atoms with E-state index in [2.05, 4.69) is 11.4 Å². The van der Waals surface area contributed by atoms with E-state index < -0.39 is 0 Å². The summed E-state index contributed by atoms with van der Waals surface area (Å²) in [5.74, 6) is -0.443. The maximum Gasteiger partial charge on any atom is 0.338 e. The molecule has 0 radical (unpaired) electrons. The van der Waals surface area contributed by atoms with E-state index >= 15 is 0 Å². The second kappa shape index (κ2) is 7.58. The van der Waals surface area contributed by atoms with Crippen LogP contribution in [0.2, 0.25) is 0 Å². The van der Waals surface area contributed by atoms with Crippen LogP contribution in [0.15, 0.2) is 42.5 Å². The van der Waals surface area contributed by atoms with Crippen LogP contribution in [0, 0.1) is 13.8 Å². The van der Waals surface area contributed by atoms with E-state index in [9.17, 15) is 9.59 Å². The maximum absolute atomic E-state index is 12.1. The van der Waals surface area contributed by atoms with Gasteiger partial charge in [0.1, 0.15) is 0 Å². The summed E-state index contributed by atoms with van der Waals surface area (Å²) >= 11 is 0. The lowest BCUT2D eigenvalue weighted by Crippen LogP contribution is -2.15. The first-order valence-electron chi connectivity index (χ1n) is 7.62. The van der Waals surface area contributed by atoms with E-state index in [1.54, 1.807) is 31.2 Å². The molecule has 0 aliphatic heterocycles. The Morgan fingerprint density at radius 2 is 1.74 bits per heavy atom. The molecule has 0 heterocycles. The third-order valence-electron chi connectivity index (χ3n) is 3.53. The Kier molecular flexibility index (Phi) is 5.52. The Bertz CT molecular complexity index is 705. The molecule has 2 rings (SSSR count). The van der Waals surface area contributed by atoms with E-state index in [0.717, 1.165) is 11.1 Å². The maximum atomic E-state index is 12.1. The van der Waals surface area contributed by atoms with Gasteiger partial charge in [0, 0.05) is 5.69 Å². The predicted octanol–water partition coefficient (Wildman–Crippen LogP) is 3.66. The number of nitrogens with one attached hydrogen (secondary N) is 1. The molecule has 0 saturated heterocycles. The summed E-state index contributed by atoms with van der Waals surface area (Å²) in [6, 6.07) is 12.7. The van der Waals surface area contributed by atoms with Crippen molar-refractivity contribution in [1.29, 1.82) is 0 Å². The summed E-state index contributed by atoms with van der Waals surface area (Å²) in [6.45, 7) is 6.14. The summed E-state index contributed by atoms with van der Waals surface area (Å²) in [6.07, 6.45) is 0.325. The number of carbonyl (C=O) groups is 2. The van der Waals surface area contributed by atoms with Crippen LogP contribution in [0.1, 0.15) is 34.0 Å². The second-order valence-corrected chi connectivity index (χ2v) is 5.45. The lowest BCUT2D eigenvalue weighted by molar-refractivity contribution is -0.115. The van der Waals surface area contributed by atoms with Gasteiger partial charge in [0.25, 0.3) is 0 Å². The molecule has 0 aliphatic rings. The molecule has 120 valence electrons. The number of hydrogen-bond acceptors (Lipinski definition) is 3. The van der Waals surface area contributed by atoms with Gasteiger partial charge in [-0.3, -0.25) is 4.79 Å². The first kappa shape index (κ1) is 16.7. The van der Waals surface area contributed by atoms with E-state index in [0.29, 0.717) is 24.3 Å². The molecule has 0 spiro atoms. The molecule has 23 heavy (non-hydrogen) atoms. The molecule has 0 fully saturated rings. The minimum absolute atomic E-state index is 0.0826. The first-order chi connectivity index (χ1) is 11.0. The van der Waals surface area contributed by atoms with Gasteiger partial charge in [0.15, 0.2) is 0 Å². The van der Waals surface area contributed by atoms with Crippen LogP contribution in [0.4, 0.5) is 5.69 Å². The largest absolute Gasteiger partial charge is 0.462 e. The van der Waals surface area contributed by atoms with Gasteiger partial charge < -0.3 is 10.1 Å². The van der Waals surface area contributed by atoms with E-state index in [-0.39, 0.29) is 11.9 Å². The van der Waals surface area contributed by atoms with Crippen molar-refractivity contribution < 1.29 is 14.3 Å². The number of carbonyl (C=O) groups excluding carboxylic acids is 2. The molecule has 1 N–H and O–H groups in total. The predicted molar refractivity (Wildman–Crippen MR) is 90.6 cm³/mol. The normalized spacial score (nSPS) is 10.2. The van der Waals surface area contributed by atoms with Gasteiger partial charge in [-0.2, -0.15) is 0 Å². The van der Waals surface area contributed by atoms with Gasteiger partial charge in [-0.1, -0.05) is 23.8 Å². The second-order valence-electron chi connectivity index (χ2n) is 5.45. The molecule has 2 aromatic carbocycles. The van der Waals surface area contributed by atoms with Crippen molar-refractivity contribution in [3.63, 3.8) is 0 Å². The zero-order valence-electron chi connectivity index (χ0n) is 13.7. The lowest BCUT2D eigenvalue weighted by Gasteiger charge is -2.09. The average molecular weight is 311 g/mol. The SMILES string of the molecule is CCOC(=O)c1ccc(NC(=O)Cc2ccc(C)cc2C)cc1. The summed E-state index contributed by atoms with van der Waals surface area (Å²) in [7, 11) is 0. The van der Waals surface area contributed by atoms with Gasteiger partial charge >= 0.3 is 5.97 Å². The molecule has 1 amide bonds. The molecule has 0 aliphatic carbocycles. The molecule has 0 aromatic heterocycles. The zero-order valence-corrected chi connectivity index (χ0v) is 13.7. The Balaban J connectivity index is 1.98. The average Bonchev–Trinajstić information content (AvgIpc) is 2.51. The fourth-order valence-corrected chi connectivity index (χ4v) is 2.33. The van der Waals surface area contributed by atoms with Crippen molar-refractivity contribution in [2.75, 3.05) is 11.9 Å². The molecular weight excluding hydrogens is 290 g/mol. The molecule has 2 aromatic rings. The van der Waals surface area contributed by atoms with Crippen LogP contribution in [-0.4, -0.2) is 18.5 Å². The van der Waals surface area contributed by atoms with Gasteiger partial charge in [0.2, 0.25) is 5.91 Å². The van der Waals surface area contributed by atoms with E-state index in [1.165, 1.54) is 5.56 Å².